The third-order valence-electron chi connectivity index (χ3n) is 4.53. The Labute approximate surface area is 111 Å². The van der Waals surface area contributed by atoms with Crippen LogP contribution in [0.1, 0.15) is 45.6 Å². The zero-order valence-corrected chi connectivity index (χ0v) is 12.0. The van der Waals surface area contributed by atoms with Crippen molar-refractivity contribution in [3.05, 3.63) is 18.0 Å². The van der Waals surface area contributed by atoms with E-state index in [1.54, 1.807) is 0 Å². The fourth-order valence-corrected chi connectivity index (χ4v) is 3.15. The SMILES string of the molecule is CCn1cc(CC2CC(C(C)C)CCC2N)cn1. The quantitative estimate of drug-likeness (QED) is 0.891. The van der Waals surface area contributed by atoms with Crippen molar-refractivity contribution in [1.82, 2.24) is 9.78 Å². The molecule has 0 saturated heterocycles. The van der Waals surface area contributed by atoms with Crippen LogP contribution in [0, 0.1) is 17.8 Å². The first kappa shape index (κ1) is 13.6. The molecular weight excluding hydrogens is 222 g/mol. The molecule has 0 bridgehead atoms. The lowest BCUT2D eigenvalue weighted by Gasteiger charge is -2.36. The molecule has 0 radical (unpaired) electrons. The van der Waals surface area contributed by atoms with Gasteiger partial charge in [-0.15, -0.1) is 0 Å². The normalized spacial score (nSPS) is 28.8. The maximum Gasteiger partial charge on any atom is 0.0521 e. The Balaban J connectivity index is 1.97. The fraction of sp³-hybridized carbons (Fsp3) is 0.800. The van der Waals surface area contributed by atoms with Gasteiger partial charge in [0.05, 0.1) is 6.20 Å². The zero-order chi connectivity index (χ0) is 13.1. The average Bonchev–Trinajstić information content (AvgIpc) is 2.79. The van der Waals surface area contributed by atoms with Crippen LogP contribution in [-0.4, -0.2) is 15.8 Å². The zero-order valence-electron chi connectivity index (χ0n) is 12.0. The molecule has 1 aliphatic carbocycles. The van der Waals surface area contributed by atoms with Gasteiger partial charge in [-0.2, -0.15) is 5.10 Å². The Morgan fingerprint density at radius 1 is 1.44 bits per heavy atom. The van der Waals surface area contributed by atoms with E-state index in [1.165, 1.54) is 24.8 Å². The maximum atomic E-state index is 6.30. The summed E-state index contributed by atoms with van der Waals surface area (Å²) in [5.41, 5.74) is 7.65. The van der Waals surface area contributed by atoms with Gasteiger partial charge in [-0.05, 0) is 55.9 Å². The average molecular weight is 249 g/mol. The second-order valence-electron chi connectivity index (χ2n) is 6.15. The molecule has 0 aromatic carbocycles. The van der Waals surface area contributed by atoms with Crippen LogP contribution in [0.3, 0.4) is 0 Å². The molecule has 3 atom stereocenters. The smallest absolute Gasteiger partial charge is 0.0521 e. The van der Waals surface area contributed by atoms with Crippen molar-refractivity contribution >= 4 is 0 Å². The minimum atomic E-state index is 0.380. The number of aromatic nitrogens is 2. The second kappa shape index (κ2) is 5.87. The van der Waals surface area contributed by atoms with Crippen LogP contribution in [0.2, 0.25) is 0 Å². The summed E-state index contributed by atoms with van der Waals surface area (Å²) in [7, 11) is 0. The van der Waals surface area contributed by atoms with Gasteiger partial charge in [0.2, 0.25) is 0 Å². The molecule has 0 amide bonds. The number of aryl methyl sites for hydroxylation is 1. The Bertz CT molecular complexity index is 370. The van der Waals surface area contributed by atoms with E-state index in [2.05, 4.69) is 32.1 Å². The maximum absolute atomic E-state index is 6.30. The van der Waals surface area contributed by atoms with E-state index >= 15 is 0 Å². The highest BCUT2D eigenvalue weighted by atomic mass is 15.3. The molecule has 3 heteroatoms. The summed E-state index contributed by atoms with van der Waals surface area (Å²) >= 11 is 0. The van der Waals surface area contributed by atoms with E-state index in [1.807, 2.05) is 10.9 Å². The predicted molar refractivity (Wildman–Crippen MR) is 75.2 cm³/mol. The molecule has 1 aromatic heterocycles. The van der Waals surface area contributed by atoms with Crippen molar-refractivity contribution < 1.29 is 0 Å². The lowest BCUT2D eigenvalue weighted by atomic mass is 9.72. The lowest BCUT2D eigenvalue weighted by Crippen LogP contribution is -2.38. The van der Waals surface area contributed by atoms with Gasteiger partial charge in [0.25, 0.3) is 0 Å². The first-order valence-corrected chi connectivity index (χ1v) is 7.37. The van der Waals surface area contributed by atoms with Crippen LogP contribution >= 0.6 is 0 Å². The predicted octanol–water partition coefficient (Wildman–Crippen LogP) is 2.85. The number of rotatable bonds is 4. The third kappa shape index (κ3) is 3.14. The minimum absolute atomic E-state index is 0.380. The summed E-state index contributed by atoms with van der Waals surface area (Å²) in [4.78, 5) is 0. The van der Waals surface area contributed by atoms with Gasteiger partial charge in [0.15, 0.2) is 0 Å². The number of nitrogens with zero attached hydrogens (tertiary/aromatic N) is 2. The van der Waals surface area contributed by atoms with Crippen LogP contribution in [-0.2, 0) is 13.0 Å². The van der Waals surface area contributed by atoms with Crippen molar-refractivity contribution in [3.63, 3.8) is 0 Å². The Morgan fingerprint density at radius 3 is 2.83 bits per heavy atom. The largest absolute Gasteiger partial charge is 0.327 e. The molecule has 1 aliphatic rings. The summed E-state index contributed by atoms with van der Waals surface area (Å²) in [5, 5.41) is 4.36. The van der Waals surface area contributed by atoms with Crippen molar-refractivity contribution in [3.8, 4) is 0 Å². The van der Waals surface area contributed by atoms with Crippen molar-refractivity contribution in [2.45, 2.75) is 59.0 Å². The van der Waals surface area contributed by atoms with Gasteiger partial charge in [-0.3, -0.25) is 4.68 Å². The highest BCUT2D eigenvalue weighted by molar-refractivity contribution is 5.06. The number of hydrogen-bond donors (Lipinski definition) is 1. The highest BCUT2D eigenvalue weighted by Crippen LogP contribution is 2.34. The van der Waals surface area contributed by atoms with E-state index < -0.39 is 0 Å². The van der Waals surface area contributed by atoms with Crippen LogP contribution < -0.4 is 5.73 Å². The van der Waals surface area contributed by atoms with Gasteiger partial charge < -0.3 is 5.73 Å². The highest BCUT2D eigenvalue weighted by Gasteiger charge is 2.29. The summed E-state index contributed by atoms with van der Waals surface area (Å²) in [5.74, 6) is 2.29. The monoisotopic (exact) mass is 249 g/mol. The van der Waals surface area contributed by atoms with Crippen LogP contribution in [0.5, 0.6) is 0 Å². The van der Waals surface area contributed by atoms with Gasteiger partial charge in [-0.25, -0.2) is 0 Å². The molecule has 1 fully saturated rings. The Morgan fingerprint density at radius 2 is 2.22 bits per heavy atom. The minimum Gasteiger partial charge on any atom is -0.327 e. The summed E-state index contributed by atoms with van der Waals surface area (Å²) in [6.07, 6.45) is 9.07. The molecule has 1 heterocycles. The van der Waals surface area contributed by atoms with E-state index in [9.17, 15) is 0 Å². The van der Waals surface area contributed by atoms with Gasteiger partial charge >= 0.3 is 0 Å². The van der Waals surface area contributed by atoms with E-state index in [0.29, 0.717) is 12.0 Å². The Kier molecular flexibility index (Phi) is 4.44. The topological polar surface area (TPSA) is 43.8 Å². The molecule has 1 saturated carbocycles. The molecule has 2 rings (SSSR count). The molecule has 0 spiro atoms. The summed E-state index contributed by atoms with van der Waals surface area (Å²) in [6, 6.07) is 0.380. The van der Waals surface area contributed by atoms with E-state index in [0.717, 1.165) is 24.8 Å². The van der Waals surface area contributed by atoms with E-state index in [-0.39, 0.29) is 0 Å². The molecule has 0 aliphatic heterocycles. The lowest BCUT2D eigenvalue weighted by molar-refractivity contribution is 0.189. The van der Waals surface area contributed by atoms with Crippen molar-refractivity contribution in [2.24, 2.45) is 23.5 Å². The second-order valence-corrected chi connectivity index (χ2v) is 6.15. The number of nitrogens with two attached hydrogens (primary N) is 1. The number of hydrogen-bond acceptors (Lipinski definition) is 2. The molecule has 18 heavy (non-hydrogen) atoms. The van der Waals surface area contributed by atoms with Crippen LogP contribution in [0.15, 0.2) is 12.4 Å². The Hall–Kier alpha value is -0.830. The van der Waals surface area contributed by atoms with Gasteiger partial charge in [-0.1, -0.05) is 13.8 Å². The molecule has 3 unspecified atom stereocenters. The van der Waals surface area contributed by atoms with Gasteiger partial charge in [0.1, 0.15) is 0 Å². The molecule has 2 N–H and O–H groups in total. The van der Waals surface area contributed by atoms with Crippen molar-refractivity contribution in [1.29, 1.82) is 0 Å². The molecule has 3 nitrogen and oxygen atoms in total. The molecule has 102 valence electrons. The first-order valence-electron chi connectivity index (χ1n) is 7.37. The van der Waals surface area contributed by atoms with Crippen LogP contribution in [0.4, 0.5) is 0 Å². The fourth-order valence-electron chi connectivity index (χ4n) is 3.15. The third-order valence-corrected chi connectivity index (χ3v) is 4.53. The van der Waals surface area contributed by atoms with E-state index in [4.69, 9.17) is 5.73 Å². The summed E-state index contributed by atoms with van der Waals surface area (Å²) in [6.45, 7) is 7.75. The first-order chi connectivity index (χ1) is 8.60. The summed E-state index contributed by atoms with van der Waals surface area (Å²) < 4.78 is 2.00. The molecule has 1 aromatic rings. The standard InChI is InChI=1S/C15H27N3/c1-4-18-10-12(9-17-18)7-14-8-13(11(2)3)5-6-15(14)16/h9-11,13-15H,4-8,16H2,1-3H3. The van der Waals surface area contributed by atoms with Gasteiger partial charge in [0, 0.05) is 18.8 Å². The van der Waals surface area contributed by atoms with Crippen LogP contribution in [0.25, 0.3) is 0 Å². The van der Waals surface area contributed by atoms with Crippen molar-refractivity contribution in [2.75, 3.05) is 0 Å². The molecular formula is C15H27N3.